The molecule has 1 aromatic carbocycles. The second-order valence-corrected chi connectivity index (χ2v) is 6.00. The fourth-order valence-corrected chi connectivity index (χ4v) is 3.03. The molecule has 0 aliphatic carbocycles. The molecule has 0 spiro atoms. The maximum atomic E-state index is 5.19. The maximum absolute atomic E-state index is 5.19. The van der Waals surface area contributed by atoms with Crippen LogP contribution >= 0.6 is 11.3 Å². The number of aromatic nitrogens is 1. The summed E-state index contributed by atoms with van der Waals surface area (Å²) in [5.74, 6) is 0.868. The minimum absolute atomic E-state index is 0.868. The summed E-state index contributed by atoms with van der Waals surface area (Å²) in [5, 5.41) is 4.45. The Kier molecular flexibility index (Phi) is 5.59. The summed E-state index contributed by atoms with van der Waals surface area (Å²) < 4.78 is 5.19. The van der Waals surface area contributed by atoms with E-state index in [1.54, 1.807) is 18.4 Å². The zero-order valence-corrected chi connectivity index (χ0v) is 14.0. The van der Waals surface area contributed by atoms with Crippen molar-refractivity contribution in [3.05, 3.63) is 34.8 Å². The van der Waals surface area contributed by atoms with Gasteiger partial charge in [0.15, 0.2) is 5.13 Å². The fourth-order valence-electron chi connectivity index (χ4n) is 2.02. The highest BCUT2D eigenvalue weighted by Gasteiger charge is 2.12. The van der Waals surface area contributed by atoms with Crippen LogP contribution in [0.25, 0.3) is 0 Å². The molecule has 0 saturated heterocycles. The number of hydrogen-bond donors (Lipinski definition) is 1. The summed E-state index contributed by atoms with van der Waals surface area (Å²) in [6.45, 7) is 6.19. The van der Waals surface area contributed by atoms with Crippen LogP contribution in [0.2, 0.25) is 0 Å². The van der Waals surface area contributed by atoms with Crippen molar-refractivity contribution in [2.45, 2.75) is 26.8 Å². The predicted molar refractivity (Wildman–Crippen MR) is 89.9 cm³/mol. The van der Waals surface area contributed by atoms with Crippen LogP contribution in [-0.4, -0.2) is 25.7 Å². The molecule has 2 aromatic rings. The molecule has 1 N–H and O–H groups in total. The SMILES string of the molecule is CCCNCc1sc(N(C)c2ccc(OC)cc2)nc1C. The molecule has 2 rings (SSSR count). The lowest BCUT2D eigenvalue weighted by Crippen LogP contribution is -2.13. The van der Waals surface area contributed by atoms with Crippen LogP contribution in [-0.2, 0) is 6.54 Å². The molecule has 0 aliphatic rings. The van der Waals surface area contributed by atoms with E-state index in [2.05, 4.69) is 29.0 Å². The molecule has 21 heavy (non-hydrogen) atoms. The van der Waals surface area contributed by atoms with Crippen molar-refractivity contribution in [3.63, 3.8) is 0 Å². The zero-order valence-electron chi connectivity index (χ0n) is 13.1. The van der Waals surface area contributed by atoms with Gasteiger partial charge in [0, 0.05) is 24.2 Å². The van der Waals surface area contributed by atoms with E-state index in [0.717, 1.165) is 41.8 Å². The zero-order chi connectivity index (χ0) is 15.2. The van der Waals surface area contributed by atoms with Crippen LogP contribution in [0.3, 0.4) is 0 Å². The number of rotatable bonds is 7. The summed E-state index contributed by atoms with van der Waals surface area (Å²) in [7, 11) is 3.72. The Morgan fingerprint density at radius 1 is 1.29 bits per heavy atom. The predicted octanol–water partition coefficient (Wildman–Crippen LogP) is 3.73. The fraction of sp³-hybridized carbons (Fsp3) is 0.438. The minimum Gasteiger partial charge on any atom is -0.497 e. The van der Waals surface area contributed by atoms with Gasteiger partial charge in [-0.1, -0.05) is 18.3 Å². The first-order valence-corrected chi connectivity index (χ1v) is 8.02. The molecule has 0 radical (unpaired) electrons. The number of ether oxygens (including phenoxy) is 1. The maximum Gasteiger partial charge on any atom is 0.190 e. The van der Waals surface area contributed by atoms with E-state index in [1.165, 1.54) is 4.88 Å². The third kappa shape index (κ3) is 3.95. The molecule has 0 bridgehead atoms. The van der Waals surface area contributed by atoms with Gasteiger partial charge in [-0.05, 0) is 44.2 Å². The van der Waals surface area contributed by atoms with Crippen molar-refractivity contribution >= 4 is 22.2 Å². The van der Waals surface area contributed by atoms with Crippen LogP contribution in [0.5, 0.6) is 5.75 Å². The van der Waals surface area contributed by atoms with Gasteiger partial charge in [-0.15, -0.1) is 0 Å². The number of aryl methyl sites for hydroxylation is 1. The summed E-state index contributed by atoms with van der Waals surface area (Å²) in [4.78, 5) is 8.10. The molecule has 0 amide bonds. The Labute approximate surface area is 130 Å². The minimum atomic E-state index is 0.868. The highest BCUT2D eigenvalue weighted by atomic mass is 32.1. The Morgan fingerprint density at radius 2 is 2.00 bits per heavy atom. The van der Waals surface area contributed by atoms with E-state index >= 15 is 0 Å². The number of nitrogens with one attached hydrogen (secondary N) is 1. The van der Waals surface area contributed by atoms with Crippen molar-refractivity contribution in [1.82, 2.24) is 10.3 Å². The first kappa shape index (κ1) is 15.8. The van der Waals surface area contributed by atoms with Crippen LogP contribution in [0.15, 0.2) is 24.3 Å². The van der Waals surface area contributed by atoms with E-state index in [4.69, 9.17) is 4.74 Å². The number of thiazole rings is 1. The van der Waals surface area contributed by atoms with Crippen LogP contribution in [0.4, 0.5) is 10.8 Å². The number of methoxy groups -OCH3 is 1. The topological polar surface area (TPSA) is 37.4 Å². The Bertz CT molecular complexity index is 565. The third-order valence-corrected chi connectivity index (χ3v) is 4.57. The second kappa shape index (κ2) is 7.43. The van der Waals surface area contributed by atoms with Gasteiger partial charge in [-0.25, -0.2) is 4.98 Å². The molecule has 114 valence electrons. The van der Waals surface area contributed by atoms with Gasteiger partial charge in [0.25, 0.3) is 0 Å². The summed E-state index contributed by atoms with van der Waals surface area (Å²) in [5.41, 5.74) is 2.22. The summed E-state index contributed by atoms with van der Waals surface area (Å²) in [6.07, 6.45) is 1.15. The van der Waals surface area contributed by atoms with Crippen molar-refractivity contribution in [3.8, 4) is 5.75 Å². The van der Waals surface area contributed by atoms with Crippen molar-refractivity contribution in [1.29, 1.82) is 0 Å². The molecule has 0 aliphatic heterocycles. The first-order chi connectivity index (χ1) is 10.2. The summed E-state index contributed by atoms with van der Waals surface area (Å²) in [6, 6.07) is 8.03. The Balaban J connectivity index is 2.11. The van der Waals surface area contributed by atoms with E-state index in [0.29, 0.717) is 0 Å². The van der Waals surface area contributed by atoms with Gasteiger partial charge < -0.3 is 15.0 Å². The molecular formula is C16H23N3OS. The lowest BCUT2D eigenvalue weighted by Gasteiger charge is -2.16. The van der Waals surface area contributed by atoms with Crippen molar-refractivity contribution in [2.24, 2.45) is 0 Å². The highest BCUT2D eigenvalue weighted by molar-refractivity contribution is 7.15. The Morgan fingerprint density at radius 3 is 2.62 bits per heavy atom. The lowest BCUT2D eigenvalue weighted by atomic mass is 10.3. The molecule has 0 atom stereocenters. The van der Waals surface area contributed by atoms with Crippen LogP contribution in [0, 0.1) is 6.92 Å². The molecule has 4 nitrogen and oxygen atoms in total. The quantitative estimate of drug-likeness (QED) is 0.791. The molecule has 0 saturated carbocycles. The van der Waals surface area contributed by atoms with E-state index in [-0.39, 0.29) is 0 Å². The Hall–Kier alpha value is -1.59. The van der Waals surface area contributed by atoms with Crippen molar-refractivity contribution < 1.29 is 4.74 Å². The van der Waals surface area contributed by atoms with Crippen LogP contribution < -0.4 is 15.0 Å². The summed E-state index contributed by atoms with van der Waals surface area (Å²) >= 11 is 1.74. The number of benzene rings is 1. The van der Waals surface area contributed by atoms with Gasteiger partial charge in [0.05, 0.1) is 12.8 Å². The molecule has 0 fully saturated rings. The van der Waals surface area contributed by atoms with Crippen molar-refractivity contribution in [2.75, 3.05) is 25.6 Å². The highest BCUT2D eigenvalue weighted by Crippen LogP contribution is 2.31. The number of anilines is 2. The first-order valence-electron chi connectivity index (χ1n) is 7.20. The van der Waals surface area contributed by atoms with E-state index < -0.39 is 0 Å². The number of nitrogens with zero attached hydrogens (tertiary/aromatic N) is 2. The molecule has 5 heteroatoms. The molecular weight excluding hydrogens is 282 g/mol. The third-order valence-electron chi connectivity index (χ3n) is 3.34. The van der Waals surface area contributed by atoms with E-state index in [1.807, 2.05) is 31.3 Å². The number of hydrogen-bond acceptors (Lipinski definition) is 5. The molecule has 1 aromatic heterocycles. The van der Waals surface area contributed by atoms with E-state index in [9.17, 15) is 0 Å². The van der Waals surface area contributed by atoms with Gasteiger partial charge >= 0.3 is 0 Å². The van der Waals surface area contributed by atoms with Gasteiger partial charge in [0.1, 0.15) is 5.75 Å². The smallest absolute Gasteiger partial charge is 0.190 e. The van der Waals surface area contributed by atoms with Crippen LogP contribution in [0.1, 0.15) is 23.9 Å². The standard InChI is InChI=1S/C16H23N3OS/c1-5-10-17-11-15-12(2)18-16(21-15)19(3)13-6-8-14(20-4)9-7-13/h6-9,17H,5,10-11H2,1-4H3. The van der Waals surface area contributed by atoms with Gasteiger partial charge in [-0.3, -0.25) is 0 Å². The average molecular weight is 305 g/mol. The second-order valence-electron chi connectivity index (χ2n) is 4.94. The van der Waals surface area contributed by atoms with Gasteiger partial charge in [0.2, 0.25) is 0 Å². The molecule has 1 heterocycles. The normalized spacial score (nSPS) is 10.7. The monoisotopic (exact) mass is 305 g/mol. The molecule has 0 unspecified atom stereocenters. The lowest BCUT2D eigenvalue weighted by molar-refractivity contribution is 0.415. The average Bonchev–Trinajstić information content (AvgIpc) is 2.88. The largest absolute Gasteiger partial charge is 0.497 e. The van der Waals surface area contributed by atoms with Gasteiger partial charge in [-0.2, -0.15) is 0 Å².